The van der Waals surface area contributed by atoms with Crippen LogP contribution >= 0.6 is 0 Å². The molecule has 1 aromatic rings. The van der Waals surface area contributed by atoms with E-state index in [2.05, 4.69) is 33.0 Å². The average Bonchev–Trinajstić information content (AvgIpc) is 2.45. The standard InChI is InChI=1S/C18H30N2O/c1-12(2)16(13(3)4)11-20-18(21)14(5)17(19)15-9-7-6-8-10-15/h6-10,12-14,16-17H,11,19H2,1-5H3,(H,20,21). The SMILES string of the molecule is CC(C)C(CNC(=O)C(C)C(N)c1ccccc1)C(C)C. The summed E-state index contributed by atoms with van der Waals surface area (Å²) >= 11 is 0. The van der Waals surface area contributed by atoms with Crippen molar-refractivity contribution < 1.29 is 4.79 Å². The zero-order valence-corrected chi connectivity index (χ0v) is 14.0. The van der Waals surface area contributed by atoms with Gasteiger partial charge in [0.15, 0.2) is 0 Å². The molecule has 118 valence electrons. The van der Waals surface area contributed by atoms with Gasteiger partial charge in [-0.2, -0.15) is 0 Å². The topological polar surface area (TPSA) is 55.1 Å². The lowest BCUT2D eigenvalue weighted by Gasteiger charge is -2.27. The highest BCUT2D eigenvalue weighted by atomic mass is 16.1. The molecule has 1 amide bonds. The van der Waals surface area contributed by atoms with Crippen LogP contribution in [-0.4, -0.2) is 12.5 Å². The first-order valence-electron chi connectivity index (χ1n) is 7.92. The van der Waals surface area contributed by atoms with E-state index >= 15 is 0 Å². The lowest BCUT2D eigenvalue weighted by atomic mass is 9.85. The van der Waals surface area contributed by atoms with E-state index in [9.17, 15) is 4.79 Å². The number of hydrogen-bond donors (Lipinski definition) is 2. The third kappa shape index (κ3) is 5.16. The quantitative estimate of drug-likeness (QED) is 0.809. The van der Waals surface area contributed by atoms with Crippen LogP contribution in [0.2, 0.25) is 0 Å². The highest BCUT2D eigenvalue weighted by Gasteiger charge is 2.24. The fraction of sp³-hybridized carbons (Fsp3) is 0.611. The number of carbonyl (C=O) groups excluding carboxylic acids is 1. The van der Waals surface area contributed by atoms with Gasteiger partial charge in [-0.05, 0) is 23.3 Å². The summed E-state index contributed by atoms with van der Waals surface area (Å²) in [6.07, 6.45) is 0. The molecule has 1 aromatic carbocycles. The molecule has 0 aliphatic heterocycles. The van der Waals surface area contributed by atoms with Gasteiger partial charge in [-0.3, -0.25) is 4.79 Å². The average molecular weight is 290 g/mol. The zero-order chi connectivity index (χ0) is 16.0. The van der Waals surface area contributed by atoms with Crippen molar-refractivity contribution in [2.75, 3.05) is 6.54 Å². The predicted octanol–water partition coefficient (Wildman–Crippen LogP) is 3.37. The molecular formula is C18H30N2O. The van der Waals surface area contributed by atoms with E-state index in [1.54, 1.807) is 0 Å². The van der Waals surface area contributed by atoms with Gasteiger partial charge in [-0.15, -0.1) is 0 Å². The maximum Gasteiger partial charge on any atom is 0.224 e. The van der Waals surface area contributed by atoms with Crippen LogP contribution in [0.25, 0.3) is 0 Å². The van der Waals surface area contributed by atoms with Crippen molar-refractivity contribution in [3.63, 3.8) is 0 Å². The van der Waals surface area contributed by atoms with Crippen LogP contribution in [0.4, 0.5) is 0 Å². The molecule has 0 heterocycles. The van der Waals surface area contributed by atoms with Crippen LogP contribution in [0, 0.1) is 23.7 Å². The van der Waals surface area contributed by atoms with Crippen LogP contribution in [0.15, 0.2) is 30.3 Å². The predicted molar refractivity (Wildman–Crippen MR) is 88.7 cm³/mol. The number of rotatable bonds is 7. The Morgan fingerprint density at radius 2 is 1.57 bits per heavy atom. The fourth-order valence-electron chi connectivity index (χ4n) is 2.75. The van der Waals surface area contributed by atoms with E-state index in [0.717, 1.165) is 12.1 Å². The van der Waals surface area contributed by atoms with Crippen molar-refractivity contribution in [3.8, 4) is 0 Å². The maximum atomic E-state index is 12.3. The zero-order valence-electron chi connectivity index (χ0n) is 14.0. The molecular weight excluding hydrogens is 260 g/mol. The molecule has 1 rings (SSSR count). The molecule has 3 heteroatoms. The largest absolute Gasteiger partial charge is 0.356 e. The first kappa shape index (κ1) is 17.7. The Hall–Kier alpha value is -1.35. The fourth-order valence-corrected chi connectivity index (χ4v) is 2.75. The summed E-state index contributed by atoms with van der Waals surface area (Å²) in [5.74, 6) is 1.42. The number of nitrogens with one attached hydrogen (secondary N) is 1. The molecule has 0 bridgehead atoms. The highest BCUT2D eigenvalue weighted by molar-refractivity contribution is 5.79. The number of benzene rings is 1. The van der Waals surface area contributed by atoms with Crippen molar-refractivity contribution in [2.45, 2.75) is 40.7 Å². The number of nitrogens with two attached hydrogens (primary N) is 1. The minimum absolute atomic E-state index is 0.0395. The molecule has 2 unspecified atom stereocenters. The molecule has 0 aromatic heterocycles. The first-order valence-corrected chi connectivity index (χ1v) is 7.92. The lowest BCUT2D eigenvalue weighted by molar-refractivity contribution is -0.125. The second-order valence-corrected chi connectivity index (χ2v) is 6.62. The molecule has 0 saturated carbocycles. The van der Waals surface area contributed by atoms with Crippen LogP contribution in [0.1, 0.15) is 46.2 Å². The molecule has 2 atom stereocenters. The molecule has 21 heavy (non-hydrogen) atoms. The molecule has 0 aliphatic rings. The molecule has 0 aliphatic carbocycles. The Morgan fingerprint density at radius 1 is 1.05 bits per heavy atom. The minimum atomic E-state index is -0.261. The second kappa shape index (κ2) is 8.18. The van der Waals surface area contributed by atoms with Crippen LogP contribution in [-0.2, 0) is 4.79 Å². The normalized spacial score (nSPS) is 14.5. The summed E-state index contributed by atoms with van der Waals surface area (Å²) in [6, 6.07) is 9.54. The monoisotopic (exact) mass is 290 g/mol. The molecule has 3 N–H and O–H groups in total. The van der Waals surface area contributed by atoms with Gasteiger partial charge in [0.2, 0.25) is 5.91 Å². The van der Waals surface area contributed by atoms with E-state index < -0.39 is 0 Å². The van der Waals surface area contributed by atoms with E-state index in [0.29, 0.717) is 17.8 Å². The van der Waals surface area contributed by atoms with E-state index in [1.165, 1.54) is 0 Å². The van der Waals surface area contributed by atoms with Crippen LogP contribution in [0.5, 0.6) is 0 Å². The summed E-state index contributed by atoms with van der Waals surface area (Å²) in [5.41, 5.74) is 7.21. The van der Waals surface area contributed by atoms with E-state index in [1.807, 2.05) is 37.3 Å². The molecule has 0 fully saturated rings. The van der Waals surface area contributed by atoms with Gasteiger partial charge in [0.1, 0.15) is 0 Å². The van der Waals surface area contributed by atoms with Crippen molar-refractivity contribution in [1.82, 2.24) is 5.32 Å². The Bertz CT molecular complexity index is 420. The molecule has 0 saturated heterocycles. The van der Waals surface area contributed by atoms with E-state index in [4.69, 9.17) is 5.73 Å². The van der Waals surface area contributed by atoms with Crippen molar-refractivity contribution in [2.24, 2.45) is 29.4 Å². The van der Waals surface area contributed by atoms with Crippen LogP contribution < -0.4 is 11.1 Å². The lowest BCUT2D eigenvalue weighted by Crippen LogP contribution is -2.39. The van der Waals surface area contributed by atoms with Gasteiger partial charge in [-0.1, -0.05) is 65.0 Å². The van der Waals surface area contributed by atoms with Gasteiger partial charge in [0.25, 0.3) is 0 Å². The first-order chi connectivity index (χ1) is 9.84. The Kier molecular flexibility index (Phi) is 6.90. The van der Waals surface area contributed by atoms with Gasteiger partial charge in [0.05, 0.1) is 5.92 Å². The number of carbonyl (C=O) groups is 1. The number of amides is 1. The summed E-state index contributed by atoms with van der Waals surface area (Å²) in [7, 11) is 0. The summed E-state index contributed by atoms with van der Waals surface area (Å²) in [6.45, 7) is 11.4. The van der Waals surface area contributed by atoms with Crippen molar-refractivity contribution in [3.05, 3.63) is 35.9 Å². The minimum Gasteiger partial charge on any atom is -0.356 e. The van der Waals surface area contributed by atoms with Gasteiger partial charge < -0.3 is 11.1 Å². The number of hydrogen-bond acceptors (Lipinski definition) is 2. The van der Waals surface area contributed by atoms with Gasteiger partial charge >= 0.3 is 0 Å². The van der Waals surface area contributed by atoms with Gasteiger partial charge in [-0.25, -0.2) is 0 Å². The van der Waals surface area contributed by atoms with E-state index in [-0.39, 0.29) is 17.9 Å². The smallest absolute Gasteiger partial charge is 0.224 e. The second-order valence-electron chi connectivity index (χ2n) is 6.62. The summed E-state index contributed by atoms with van der Waals surface area (Å²) in [4.78, 5) is 12.3. The Morgan fingerprint density at radius 3 is 2.05 bits per heavy atom. The summed E-state index contributed by atoms with van der Waals surface area (Å²) in [5, 5.41) is 3.08. The Balaban J connectivity index is 2.59. The highest BCUT2D eigenvalue weighted by Crippen LogP contribution is 2.21. The van der Waals surface area contributed by atoms with Crippen molar-refractivity contribution >= 4 is 5.91 Å². The molecule has 0 radical (unpaired) electrons. The third-order valence-corrected chi connectivity index (χ3v) is 4.36. The van der Waals surface area contributed by atoms with Crippen molar-refractivity contribution in [1.29, 1.82) is 0 Å². The Labute approximate surface area is 129 Å². The summed E-state index contributed by atoms with van der Waals surface area (Å²) < 4.78 is 0. The van der Waals surface area contributed by atoms with Gasteiger partial charge in [0, 0.05) is 12.6 Å². The third-order valence-electron chi connectivity index (χ3n) is 4.36. The molecule has 0 spiro atoms. The maximum absolute atomic E-state index is 12.3. The molecule has 3 nitrogen and oxygen atoms in total. The van der Waals surface area contributed by atoms with Crippen LogP contribution in [0.3, 0.4) is 0 Å².